The maximum atomic E-state index is 5.20. The molecule has 3 heteroatoms. The maximum Gasteiger partial charge on any atom is 0.164 e. The van der Waals surface area contributed by atoms with Gasteiger partial charge in [0.25, 0.3) is 0 Å². The minimum Gasteiger partial charge on any atom is -0.208 e. The van der Waals surface area contributed by atoms with Crippen molar-refractivity contribution in [1.82, 2.24) is 15.0 Å². The first-order valence-electron chi connectivity index (χ1n) is 18.0. The standard InChI is InChI=1S/C50H33N3/c1-5-18-35(19-6-1)47-51-48(36-20-7-2-8-21-36)53-49(52-47)43-32-29-34-17-13-14-26-40(34)46(43)37-30-31-42-41-27-15-16-28-44(41)50(45(42)33-37,38-22-9-3-10-23-38)39-24-11-4-12-25-39/h1-33H. The molecule has 248 valence electrons. The van der Waals surface area contributed by atoms with Gasteiger partial charge in [0.2, 0.25) is 0 Å². The van der Waals surface area contributed by atoms with Crippen LogP contribution in [0.1, 0.15) is 22.3 Å². The van der Waals surface area contributed by atoms with Crippen LogP contribution in [0.5, 0.6) is 0 Å². The van der Waals surface area contributed by atoms with Crippen LogP contribution in [0.25, 0.3) is 67.2 Å². The van der Waals surface area contributed by atoms with Crippen molar-refractivity contribution in [3.63, 3.8) is 0 Å². The molecule has 1 aromatic heterocycles. The van der Waals surface area contributed by atoms with Crippen LogP contribution in [0.4, 0.5) is 0 Å². The van der Waals surface area contributed by atoms with Gasteiger partial charge in [-0.1, -0.05) is 188 Å². The van der Waals surface area contributed by atoms with Crippen molar-refractivity contribution in [2.45, 2.75) is 5.41 Å². The number of rotatable bonds is 6. The average Bonchev–Trinajstić information content (AvgIpc) is 3.54. The van der Waals surface area contributed by atoms with Crippen molar-refractivity contribution in [2.75, 3.05) is 0 Å². The third-order valence-corrected chi connectivity index (χ3v) is 10.6. The zero-order chi connectivity index (χ0) is 35.2. The molecule has 1 aliphatic rings. The second-order valence-corrected chi connectivity index (χ2v) is 13.5. The molecule has 0 spiro atoms. The Labute approximate surface area is 309 Å². The topological polar surface area (TPSA) is 38.7 Å². The van der Waals surface area contributed by atoms with E-state index in [9.17, 15) is 0 Å². The van der Waals surface area contributed by atoms with E-state index < -0.39 is 5.41 Å². The Morgan fingerprint density at radius 1 is 0.321 bits per heavy atom. The zero-order valence-corrected chi connectivity index (χ0v) is 28.9. The molecule has 53 heavy (non-hydrogen) atoms. The summed E-state index contributed by atoms with van der Waals surface area (Å²) in [7, 11) is 0. The third kappa shape index (κ3) is 5.01. The summed E-state index contributed by atoms with van der Waals surface area (Å²) in [5.41, 5.74) is 12.1. The number of nitrogens with zero attached hydrogens (tertiary/aromatic N) is 3. The molecule has 1 heterocycles. The number of hydrogen-bond acceptors (Lipinski definition) is 3. The summed E-state index contributed by atoms with van der Waals surface area (Å²) >= 11 is 0. The molecule has 0 fully saturated rings. The quantitative estimate of drug-likeness (QED) is 0.176. The van der Waals surface area contributed by atoms with Gasteiger partial charge in [0.1, 0.15) is 0 Å². The molecule has 0 bridgehead atoms. The highest BCUT2D eigenvalue weighted by Crippen LogP contribution is 2.57. The lowest BCUT2D eigenvalue weighted by Gasteiger charge is -2.34. The van der Waals surface area contributed by atoms with Gasteiger partial charge in [-0.15, -0.1) is 0 Å². The zero-order valence-electron chi connectivity index (χ0n) is 28.9. The first-order chi connectivity index (χ1) is 26.3. The van der Waals surface area contributed by atoms with E-state index in [1.165, 1.54) is 33.4 Å². The molecule has 0 atom stereocenters. The Balaban J connectivity index is 1.27. The molecule has 0 radical (unpaired) electrons. The van der Waals surface area contributed by atoms with Crippen LogP contribution in [0.2, 0.25) is 0 Å². The monoisotopic (exact) mass is 675 g/mol. The molecular weight excluding hydrogens is 643 g/mol. The van der Waals surface area contributed by atoms with Gasteiger partial charge in [-0.05, 0) is 61.8 Å². The molecule has 0 amide bonds. The maximum absolute atomic E-state index is 5.20. The van der Waals surface area contributed by atoms with Gasteiger partial charge in [-0.2, -0.15) is 0 Å². The molecule has 9 aromatic rings. The third-order valence-electron chi connectivity index (χ3n) is 10.6. The summed E-state index contributed by atoms with van der Waals surface area (Å²) in [6.07, 6.45) is 0. The van der Waals surface area contributed by atoms with E-state index in [4.69, 9.17) is 15.0 Å². The fraction of sp³-hybridized carbons (Fsp3) is 0.0200. The molecule has 0 saturated carbocycles. The van der Waals surface area contributed by atoms with Crippen LogP contribution in [0, 0.1) is 0 Å². The summed E-state index contributed by atoms with van der Waals surface area (Å²) in [5, 5.41) is 2.31. The van der Waals surface area contributed by atoms with E-state index in [-0.39, 0.29) is 0 Å². The van der Waals surface area contributed by atoms with Gasteiger partial charge in [0, 0.05) is 22.3 Å². The van der Waals surface area contributed by atoms with E-state index in [2.05, 4.69) is 164 Å². The second kappa shape index (κ2) is 12.7. The van der Waals surface area contributed by atoms with E-state index in [1.807, 2.05) is 36.4 Å². The fourth-order valence-corrected chi connectivity index (χ4v) is 8.30. The van der Waals surface area contributed by atoms with E-state index in [0.717, 1.165) is 38.6 Å². The molecule has 3 nitrogen and oxygen atoms in total. The van der Waals surface area contributed by atoms with Gasteiger partial charge in [-0.25, -0.2) is 15.0 Å². The van der Waals surface area contributed by atoms with Crippen LogP contribution in [-0.2, 0) is 5.41 Å². The largest absolute Gasteiger partial charge is 0.208 e. The van der Waals surface area contributed by atoms with E-state index >= 15 is 0 Å². The van der Waals surface area contributed by atoms with Crippen molar-refractivity contribution in [3.8, 4) is 56.4 Å². The Bertz CT molecular complexity index is 2660. The smallest absolute Gasteiger partial charge is 0.164 e. The first-order valence-corrected chi connectivity index (χ1v) is 18.0. The lowest BCUT2D eigenvalue weighted by molar-refractivity contribution is 0.769. The highest BCUT2D eigenvalue weighted by Gasteiger charge is 2.46. The van der Waals surface area contributed by atoms with Crippen molar-refractivity contribution in [3.05, 3.63) is 222 Å². The van der Waals surface area contributed by atoms with Crippen LogP contribution in [-0.4, -0.2) is 15.0 Å². The Morgan fingerprint density at radius 2 is 0.811 bits per heavy atom. The minimum atomic E-state index is -0.511. The Hall–Kier alpha value is -6.97. The van der Waals surface area contributed by atoms with Gasteiger partial charge in [0.15, 0.2) is 17.5 Å². The van der Waals surface area contributed by atoms with Crippen LogP contribution >= 0.6 is 0 Å². The van der Waals surface area contributed by atoms with Gasteiger partial charge in [0.05, 0.1) is 5.41 Å². The summed E-state index contributed by atoms with van der Waals surface area (Å²) in [6, 6.07) is 71.2. The number of aromatic nitrogens is 3. The van der Waals surface area contributed by atoms with Crippen LogP contribution < -0.4 is 0 Å². The lowest BCUT2D eigenvalue weighted by Crippen LogP contribution is -2.28. The van der Waals surface area contributed by atoms with Crippen molar-refractivity contribution in [1.29, 1.82) is 0 Å². The summed E-state index contributed by atoms with van der Waals surface area (Å²) in [4.78, 5) is 15.4. The SMILES string of the molecule is c1ccc(-c2nc(-c3ccccc3)nc(-c3ccc4ccccc4c3-c3ccc4c(c3)C(c3ccccc3)(c3ccccc3)c3ccccc3-4)n2)cc1. The molecule has 0 saturated heterocycles. The van der Waals surface area contributed by atoms with Crippen molar-refractivity contribution in [2.24, 2.45) is 0 Å². The van der Waals surface area contributed by atoms with Gasteiger partial charge in [-0.3, -0.25) is 0 Å². The predicted octanol–water partition coefficient (Wildman–Crippen LogP) is 12.1. The molecule has 0 N–H and O–H groups in total. The second-order valence-electron chi connectivity index (χ2n) is 13.5. The summed E-state index contributed by atoms with van der Waals surface area (Å²) in [6.45, 7) is 0. The summed E-state index contributed by atoms with van der Waals surface area (Å²) in [5.74, 6) is 1.93. The van der Waals surface area contributed by atoms with E-state index in [1.54, 1.807) is 0 Å². The lowest BCUT2D eigenvalue weighted by atomic mass is 9.67. The molecular formula is C50H33N3. The van der Waals surface area contributed by atoms with Crippen LogP contribution in [0.15, 0.2) is 200 Å². The highest BCUT2D eigenvalue weighted by atomic mass is 15.0. The number of hydrogen-bond donors (Lipinski definition) is 0. The number of fused-ring (bicyclic) bond motifs is 4. The normalized spacial score (nSPS) is 12.7. The molecule has 10 rings (SSSR count). The van der Waals surface area contributed by atoms with Crippen molar-refractivity contribution < 1.29 is 0 Å². The van der Waals surface area contributed by atoms with Gasteiger partial charge >= 0.3 is 0 Å². The van der Waals surface area contributed by atoms with E-state index in [0.29, 0.717) is 17.5 Å². The molecule has 1 aliphatic carbocycles. The minimum absolute atomic E-state index is 0.511. The number of benzene rings is 8. The van der Waals surface area contributed by atoms with Gasteiger partial charge < -0.3 is 0 Å². The fourth-order valence-electron chi connectivity index (χ4n) is 8.30. The summed E-state index contributed by atoms with van der Waals surface area (Å²) < 4.78 is 0. The Morgan fingerprint density at radius 3 is 1.45 bits per heavy atom. The molecule has 0 unspecified atom stereocenters. The van der Waals surface area contributed by atoms with Crippen molar-refractivity contribution >= 4 is 10.8 Å². The average molecular weight is 676 g/mol. The Kier molecular flexibility index (Phi) is 7.36. The molecule has 0 aliphatic heterocycles. The van der Waals surface area contributed by atoms with Crippen LogP contribution in [0.3, 0.4) is 0 Å². The highest BCUT2D eigenvalue weighted by molar-refractivity contribution is 6.04. The predicted molar refractivity (Wildman–Crippen MR) is 216 cm³/mol. The first kappa shape index (κ1) is 30.8. The molecule has 8 aromatic carbocycles.